The SMILES string of the molecule is CN(C)C(=O)NCCNC(=O)c1cn(CC(=O)O)nn1. The molecule has 0 saturated heterocycles. The van der Waals surface area contributed by atoms with E-state index >= 15 is 0 Å². The van der Waals surface area contributed by atoms with E-state index in [0.717, 1.165) is 4.68 Å². The lowest BCUT2D eigenvalue weighted by Crippen LogP contribution is -2.39. The zero-order valence-electron chi connectivity index (χ0n) is 11.2. The molecule has 20 heavy (non-hydrogen) atoms. The Morgan fingerprint density at radius 2 is 1.95 bits per heavy atom. The molecule has 1 rings (SSSR count). The minimum atomic E-state index is -1.08. The van der Waals surface area contributed by atoms with Gasteiger partial charge in [0.15, 0.2) is 5.69 Å². The predicted molar refractivity (Wildman–Crippen MR) is 67.1 cm³/mol. The number of carboxylic acid groups (broad SMARTS) is 1. The van der Waals surface area contributed by atoms with E-state index in [-0.39, 0.29) is 31.4 Å². The van der Waals surface area contributed by atoms with Crippen molar-refractivity contribution in [2.75, 3.05) is 27.2 Å². The van der Waals surface area contributed by atoms with Crippen LogP contribution in [0.1, 0.15) is 10.5 Å². The molecular weight excluding hydrogens is 268 g/mol. The predicted octanol–water partition coefficient (Wildman–Crippen LogP) is -1.64. The molecule has 0 aromatic carbocycles. The van der Waals surface area contributed by atoms with Crippen molar-refractivity contribution in [2.24, 2.45) is 0 Å². The standard InChI is InChI=1S/C10H16N6O4/c1-15(2)10(20)12-4-3-11-9(19)7-5-16(14-13-7)6-8(17)18/h5H,3-4,6H2,1-2H3,(H,11,19)(H,12,20)(H,17,18). The first-order chi connectivity index (χ1) is 9.40. The molecule has 1 heterocycles. The van der Waals surface area contributed by atoms with Crippen LogP contribution < -0.4 is 10.6 Å². The third-order valence-electron chi connectivity index (χ3n) is 2.16. The molecule has 10 nitrogen and oxygen atoms in total. The van der Waals surface area contributed by atoms with E-state index < -0.39 is 11.9 Å². The van der Waals surface area contributed by atoms with Crippen LogP contribution in [-0.2, 0) is 11.3 Å². The van der Waals surface area contributed by atoms with Crippen molar-refractivity contribution >= 4 is 17.9 Å². The molecule has 0 aliphatic carbocycles. The number of carbonyl (C=O) groups excluding carboxylic acids is 2. The van der Waals surface area contributed by atoms with Crippen molar-refractivity contribution in [3.8, 4) is 0 Å². The second-order valence-corrected chi connectivity index (χ2v) is 4.08. The second-order valence-electron chi connectivity index (χ2n) is 4.08. The normalized spacial score (nSPS) is 9.90. The van der Waals surface area contributed by atoms with Gasteiger partial charge in [0, 0.05) is 27.2 Å². The largest absolute Gasteiger partial charge is 0.480 e. The molecule has 0 aliphatic heterocycles. The van der Waals surface area contributed by atoms with Gasteiger partial charge in [0.05, 0.1) is 6.20 Å². The van der Waals surface area contributed by atoms with Gasteiger partial charge in [-0.2, -0.15) is 0 Å². The lowest BCUT2D eigenvalue weighted by molar-refractivity contribution is -0.137. The number of rotatable bonds is 6. The average Bonchev–Trinajstić information content (AvgIpc) is 2.81. The number of carbonyl (C=O) groups is 3. The zero-order chi connectivity index (χ0) is 15.1. The van der Waals surface area contributed by atoms with Crippen molar-refractivity contribution < 1.29 is 19.5 Å². The van der Waals surface area contributed by atoms with Gasteiger partial charge in [-0.05, 0) is 0 Å². The van der Waals surface area contributed by atoms with E-state index in [1.165, 1.54) is 11.1 Å². The quantitative estimate of drug-likeness (QED) is 0.537. The molecule has 3 N–H and O–H groups in total. The number of aromatic nitrogens is 3. The smallest absolute Gasteiger partial charge is 0.325 e. The molecule has 0 unspecified atom stereocenters. The molecule has 1 aromatic heterocycles. The summed E-state index contributed by atoms with van der Waals surface area (Å²) >= 11 is 0. The Morgan fingerprint density at radius 1 is 1.30 bits per heavy atom. The van der Waals surface area contributed by atoms with Gasteiger partial charge in [-0.25, -0.2) is 9.48 Å². The van der Waals surface area contributed by atoms with Crippen molar-refractivity contribution in [3.05, 3.63) is 11.9 Å². The number of amides is 3. The molecule has 0 atom stereocenters. The molecule has 1 aromatic rings. The fraction of sp³-hybridized carbons (Fsp3) is 0.500. The van der Waals surface area contributed by atoms with E-state index in [0.29, 0.717) is 0 Å². The van der Waals surface area contributed by atoms with Crippen LogP contribution in [0.5, 0.6) is 0 Å². The number of hydrogen-bond acceptors (Lipinski definition) is 5. The minimum Gasteiger partial charge on any atom is -0.480 e. The Bertz CT molecular complexity index is 498. The van der Waals surface area contributed by atoms with E-state index in [9.17, 15) is 14.4 Å². The number of carboxylic acids is 1. The lowest BCUT2D eigenvalue weighted by Gasteiger charge is -2.11. The molecule has 0 bridgehead atoms. The maximum Gasteiger partial charge on any atom is 0.325 e. The lowest BCUT2D eigenvalue weighted by atomic mass is 10.4. The summed E-state index contributed by atoms with van der Waals surface area (Å²) in [6.07, 6.45) is 1.24. The van der Waals surface area contributed by atoms with E-state index in [4.69, 9.17) is 5.11 Å². The first-order valence-corrected chi connectivity index (χ1v) is 5.75. The van der Waals surface area contributed by atoms with Crippen molar-refractivity contribution in [1.29, 1.82) is 0 Å². The Kier molecular flexibility index (Phi) is 5.44. The van der Waals surface area contributed by atoms with Crippen LogP contribution in [0.15, 0.2) is 6.20 Å². The maximum atomic E-state index is 11.6. The molecule has 0 saturated carbocycles. The third-order valence-corrected chi connectivity index (χ3v) is 2.16. The molecular formula is C10H16N6O4. The highest BCUT2D eigenvalue weighted by atomic mass is 16.4. The van der Waals surface area contributed by atoms with Gasteiger partial charge in [-0.1, -0.05) is 5.21 Å². The van der Waals surface area contributed by atoms with Crippen LogP contribution in [0.25, 0.3) is 0 Å². The van der Waals surface area contributed by atoms with Crippen molar-refractivity contribution in [1.82, 2.24) is 30.5 Å². The number of nitrogens with one attached hydrogen (secondary N) is 2. The summed E-state index contributed by atoms with van der Waals surface area (Å²) in [6.45, 7) is 0.134. The zero-order valence-corrected chi connectivity index (χ0v) is 11.2. The number of hydrogen-bond donors (Lipinski definition) is 3. The summed E-state index contributed by atoms with van der Waals surface area (Å²) in [6, 6.07) is -0.258. The summed E-state index contributed by atoms with van der Waals surface area (Å²) < 4.78 is 1.05. The van der Waals surface area contributed by atoms with Crippen LogP contribution in [0.2, 0.25) is 0 Å². The van der Waals surface area contributed by atoms with Crippen LogP contribution in [0, 0.1) is 0 Å². The van der Waals surface area contributed by atoms with Gasteiger partial charge in [-0.3, -0.25) is 9.59 Å². The summed E-state index contributed by atoms with van der Waals surface area (Å²) in [5, 5.41) is 20.7. The highest BCUT2D eigenvalue weighted by molar-refractivity contribution is 5.91. The molecule has 10 heteroatoms. The summed E-state index contributed by atoms with van der Waals surface area (Å²) in [4.78, 5) is 34.6. The van der Waals surface area contributed by atoms with E-state index in [1.54, 1.807) is 14.1 Å². The van der Waals surface area contributed by atoms with Crippen LogP contribution >= 0.6 is 0 Å². The molecule has 0 aliphatic rings. The summed E-state index contributed by atoms with van der Waals surface area (Å²) in [5.74, 6) is -1.56. The van der Waals surface area contributed by atoms with Crippen LogP contribution in [-0.4, -0.2) is 70.1 Å². The first kappa shape index (κ1) is 15.4. The Balaban J connectivity index is 2.34. The number of urea groups is 1. The summed E-state index contributed by atoms with van der Waals surface area (Å²) in [5.41, 5.74) is 0.0187. The minimum absolute atomic E-state index is 0.0187. The number of nitrogens with zero attached hydrogens (tertiary/aromatic N) is 4. The molecule has 0 spiro atoms. The highest BCUT2D eigenvalue weighted by Crippen LogP contribution is 1.92. The third kappa shape index (κ3) is 4.92. The van der Waals surface area contributed by atoms with Gasteiger partial charge < -0.3 is 20.6 Å². The Labute approximate surface area is 114 Å². The van der Waals surface area contributed by atoms with Gasteiger partial charge in [0.2, 0.25) is 0 Å². The molecule has 0 radical (unpaired) electrons. The van der Waals surface area contributed by atoms with Gasteiger partial charge >= 0.3 is 12.0 Å². The van der Waals surface area contributed by atoms with Crippen LogP contribution in [0.4, 0.5) is 4.79 Å². The van der Waals surface area contributed by atoms with E-state index in [2.05, 4.69) is 20.9 Å². The monoisotopic (exact) mass is 284 g/mol. The van der Waals surface area contributed by atoms with Crippen molar-refractivity contribution in [3.63, 3.8) is 0 Å². The Hall–Kier alpha value is -2.65. The fourth-order valence-electron chi connectivity index (χ4n) is 1.21. The molecule has 110 valence electrons. The fourth-order valence-corrected chi connectivity index (χ4v) is 1.21. The van der Waals surface area contributed by atoms with Crippen molar-refractivity contribution in [2.45, 2.75) is 6.54 Å². The van der Waals surface area contributed by atoms with Gasteiger partial charge in [0.25, 0.3) is 5.91 Å². The summed E-state index contributed by atoms with van der Waals surface area (Å²) in [7, 11) is 3.21. The Morgan fingerprint density at radius 3 is 2.55 bits per heavy atom. The topological polar surface area (TPSA) is 129 Å². The molecule has 0 fully saturated rings. The molecule has 3 amide bonds. The van der Waals surface area contributed by atoms with Crippen LogP contribution in [0.3, 0.4) is 0 Å². The second kappa shape index (κ2) is 7.07. The highest BCUT2D eigenvalue weighted by Gasteiger charge is 2.11. The number of aliphatic carboxylic acids is 1. The van der Waals surface area contributed by atoms with Gasteiger partial charge in [0.1, 0.15) is 6.54 Å². The average molecular weight is 284 g/mol. The van der Waals surface area contributed by atoms with Gasteiger partial charge in [-0.15, -0.1) is 5.10 Å². The van der Waals surface area contributed by atoms with E-state index in [1.807, 2.05) is 0 Å². The maximum absolute atomic E-state index is 11.6. The first-order valence-electron chi connectivity index (χ1n) is 5.75.